The van der Waals surface area contributed by atoms with Gasteiger partial charge in [-0.25, -0.2) is 4.98 Å². The lowest BCUT2D eigenvalue weighted by molar-refractivity contribution is -0.385. The van der Waals surface area contributed by atoms with E-state index in [1.165, 1.54) is 12.3 Å². The van der Waals surface area contributed by atoms with Crippen LogP contribution in [0.4, 0.5) is 11.5 Å². The lowest BCUT2D eigenvalue weighted by Crippen LogP contribution is -2.03. The summed E-state index contributed by atoms with van der Waals surface area (Å²) in [4.78, 5) is 14.6. The number of nitrogens with one attached hydrogen (secondary N) is 1. The van der Waals surface area contributed by atoms with Gasteiger partial charge in [-0.2, -0.15) is 0 Å². The van der Waals surface area contributed by atoms with Crippen molar-refractivity contribution in [3.05, 3.63) is 62.2 Å². The molecule has 1 aromatic heterocycles. The van der Waals surface area contributed by atoms with Crippen LogP contribution in [0.1, 0.15) is 11.1 Å². The molecule has 6 heteroatoms. The van der Waals surface area contributed by atoms with Crippen molar-refractivity contribution in [3.63, 3.8) is 0 Å². The van der Waals surface area contributed by atoms with Crippen molar-refractivity contribution in [1.82, 2.24) is 4.98 Å². The summed E-state index contributed by atoms with van der Waals surface area (Å²) >= 11 is 3.45. The van der Waals surface area contributed by atoms with Gasteiger partial charge in [-0.1, -0.05) is 34.1 Å². The van der Waals surface area contributed by atoms with Crippen LogP contribution in [0.25, 0.3) is 0 Å². The lowest BCUT2D eigenvalue weighted by atomic mass is 10.2. The first-order valence-electron chi connectivity index (χ1n) is 5.66. The fourth-order valence-electron chi connectivity index (χ4n) is 1.63. The van der Waals surface area contributed by atoms with Gasteiger partial charge < -0.3 is 5.32 Å². The maximum absolute atomic E-state index is 10.8. The molecule has 0 saturated heterocycles. The number of nitrogens with zero attached hydrogens (tertiary/aromatic N) is 2. The van der Waals surface area contributed by atoms with Crippen molar-refractivity contribution >= 4 is 27.4 Å². The molecule has 2 aromatic rings. The fraction of sp³-hybridized carbons (Fsp3) is 0.154. The number of pyridine rings is 1. The molecule has 0 aliphatic heterocycles. The van der Waals surface area contributed by atoms with E-state index in [-0.39, 0.29) is 5.69 Å². The first kappa shape index (κ1) is 13.5. The minimum atomic E-state index is -0.402. The molecule has 5 nitrogen and oxygen atoms in total. The van der Waals surface area contributed by atoms with Gasteiger partial charge in [-0.3, -0.25) is 10.1 Å². The summed E-state index contributed by atoms with van der Waals surface area (Å²) in [5, 5.41) is 13.9. The van der Waals surface area contributed by atoms with Crippen molar-refractivity contribution in [2.75, 3.05) is 5.32 Å². The Bertz CT molecular complexity index is 617. The number of halogens is 1. The Kier molecular flexibility index (Phi) is 4.11. The van der Waals surface area contributed by atoms with Crippen molar-refractivity contribution in [1.29, 1.82) is 0 Å². The summed E-state index contributed by atoms with van der Waals surface area (Å²) in [5.41, 5.74) is 1.69. The number of hydrogen-bond acceptors (Lipinski definition) is 4. The third-order valence-corrected chi connectivity index (χ3v) is 3.46. The highest BCUT2D eigenvalue weighted by atomic mass is 79.9. The van der Waals surface area contributed by atoms with Gasteiger partial charge >= 0.3 is 0 Å². The minimum absolute atomic E-state index is 0.0737. The van der Waals surface area contributed by atoms with Crippen LogP contribution >= 0.6 is 15.9 Å². The summed E-state index contributed by atoms with van der Waals surface area (Å²) in [7, 11) is 0. The average Bonchev–Trinajstić information content (AvgIpc) is 2.39. The van der Waals surface area contributed by atoms with E-state index in [0.717, 1.165) is 10.0 Å². The summed E-state index contributed by atoms with van der Waals surface area (Å²) in [6, 6.07) is 9.24. The smallest absolute Gasteiger partial charge is 0.277 e. The van der Waals surface area contributed by atoms with Crippen LogP contribution in [-0.4, -0.2) is 9.91 Å². The number of anilines is 1. The van der Waals surface area contributed by atoms with Gasteiger partial charge in [0, 0.05) is 22.8 Å². The highest BCUT2D eigenvalue weighted by molar-refractivity contribution is 9.10. The Morgan fingerprint density at radius 2 is 2.16 bits per heavy atom. The summed E-state index contributed by atoms with van der Waals surface area (Å²) < 4.78 is 0.990. The molecule has 2 rings (SSSR count). The van der Waals surface area contributed by atoms with Crippen LogP contribution in [0, 0.1) is 17.0 Å². The monoisotopic (exact) mass is 321 g/mol. The van der Waals surface area contributed by atoms with E-state index in [0.29, 0.717) is 17.9 Å². The summed E-state index contributed by atoms with van der Waals surface area (Å²) in [6.07, 6.45) is 1.50. The normalized spacial score (nSPS) is 10.2. The Morgan fingerprint density at radius 1 is 1.42 bits per heavy atom. The van der Waals surface area contributed by atoms with Crippen molar-refractivity contribution in [3.8, 4) is 0 Å². The Labute approximate surface area is 119 Å². The first-order valence-corrected chi connectivity index (χ1v) is 6.45. The van der Waals surface area contributed by atoms with E-state index in [1.54, 1.807) is 6.92 Å². The van der Waals surface area contributed by atoms with Gasteiger partial charge in [0.05, 0.1) is 11.0 Å². The SMILES string of the molecule is Cc1cnc(NCc2ccccc2Br)cc1[N+](=O)[O-]. The number of aryl methyl sites for hydroxylation is 1. The van der Waals surface area contributed by atoms with E-state index in [1.807, 2.05) is 24.3 Å². The summed E-state index contributed by atoms with van der Waals surface area (Å²) in [6.45, 7) is 2.22. The first-order chi connectivity index (χ1) is 9.08. The van der Waals surface area contributed by atoms with Crippen LogP contribution in [0.5, 0.6) is 0 Å². The van der Waals surface area contributed by atoms with Gasteiger partial charge in [-0.05, 0) is 18.6 Å². The Hall–Kier alpha value is -1.95. The molecule has 19 heavy (non-hydrogen) atoms. The quantitative estimate of drug-likeness (QED) is 0.689. The molecule has 0 fully saturated rings. The van der Waals surface area contributed by atoms with Crippen LogP contribution in [0.2, 0.25) is 0 Å². The van der Waals surface area contributed by atoms with Gasteiger partial charge in [0.25, 0.3) is 5.69 Å². The number of aromatic nitrogens is 1. The molecular weight excluding hydrogens is 310 g/mol. The Balaban J connectivity index is 2.14. The zero-order chi connectivity index (χ0) is 13.8. The van der Waals surface area contributed by atoms with Gasteiger partial charge in [0.15, 0.2) is 0 Å². The zero-order valence-corrected chi connectivity index (χ0v) is 11.8. The standard InChI is InChI=1S/C13H12BrN3O2/c1-9-7-15-13(6-12(9)17(18)19)16-8-10-4-2-3-5-11(10)14/h2-7H,8H2,1H3,(H,15,16). The van der Waals surface area contributed by atoms with Crippen molar-refractivity contribution in [2.45, 2.75) is 13.5 Å². The molecular formula is C13H12BrN3O2. The van der Waals surface area contributed by atoms with E-state index >= 15 is 0 Å². The lowest BCUT2D eigenvalue weighted by Gasteiger charge is -2.07. The maximum atomic E-state index is 10.8. The zero-order valence-electron chi connectivity index (χ0n) is 10.3. The minimum Gasteiger partial charge on any atom is -0.366 e. The second kappa shape index (κ2) is 5.79. The molecule has 0 aliphatic carbocycles. The van der Waals surface area contributed by atoms with E-state index in [9.17, 15) is 10.1 Å². The third-order valence-electron chi connectivity index (χ3n) is 2.69. The van der Waals surface area contributed by atoms with Crippen LogP contribution < -0.4 is 5.32 Å². The predicted octanol–water partition coefficient (Wildman–Crippen LogP) is 3.67. The van der Waals surface area contributed by atoms with Crippen molar-refractivity contribution < 1.29 is 4.92 Å². The molecule has 98 valence electrons. The molecule has 0 saturated carbocycles. The van der Waals surface area contributed by atoms with Gasteiger partial charge in [-0.15, -0.1) is 0 Å². The molecule has 0 unspecified atom stereocenters. The molecule has 0 amide bonds. The topological polar surface area (TPSA) is 68.1 Å². The van der Waals surface area contributed by atoms with Crippen molar-refractivity contribution in [2.24, 2.45) is 0 Å². The molecule has 1 aromatic carbocycles. The van der Waals surface area contributed by atoms with Crippen LogP contribution in [0.3, 0.4) is 0 Å². The molecule has 0 radical (unpaired) electrons. The highest BCUT2D eigenvalue weighted by Gasteiger charge is 2.11. The highest BCUT2D eigenvalue weighted by Crippen LogP contribution is 2.21. The molecule has 0 spiro atoms. The van der Waals surface area contributed by atoms with Gasteiger partial charge in [0.1, 0.15) is 5.82 Å². The molecule has 0 bridgehead atoms. The molecule has 0 atom stereocenters. The Morgan fingerprint density at radius 3 is 2.84 bits per heavy atom. The third kappa shape index (κ3) is 3.29. The maximum Gasteiger partial charge on any atom is 0.277 e. The second-order valence-electron chi connectivity index (χ2n) is 4.06. The largest absolute Gasteiger partial charge is 0.366 e. The number of benzene rings is 1. The second-order valence-corrected chi connectivity index (χ2v) is 4.91. The van der Waals surface area contributed by atoms with Crippen LogP contribution in [-0.2, 0) is 6.54 Å². The fourth-order valence-corrected chi connectivity index (χ4v) is 2.06. The van der Waals surface area contributed by atoms with E-state index < -0.39 is 4.92 Å². The average molecular weight is 322 g/mol. The summed E-state index contributed by atoms with van der Waals surface area (Å²) in [5.74, 6) is 0.494. The number of rotatable bonds is 4. The number of hydrogen-bond donors (Lipinski definition) is 1. The molecule has 1 heterocycles. The van der Waals surface area contributed by atoms with Crippen LogP contribution in [0.15, 0.2) is 41.0 Å². The van der Waals surface area contributed by atoms with E-state index in [4.69, 9.17) is 0 Å². The van der Waals surface area contributed by atoms with E-state index in [2.05, 4.69) is 26.2 Å². The van der Waals surface area contributed by atoms with Gasteiger partial charge in [0.2, 0.25) is 0 Å². The number of nitro groups is 1. The molecule has 1 N–H and O–H groups in total. The molecule has 0 aliphatic rings. The predicted molar refractivity (Wildman–Crippen MR) is 77.1 cm³/mol.